The molecule has 4 heteroatoms. The van der Waals surface area contributed by atoms with Crippen LogP contribution in [0.1, 0.15) is 37.3 Å². The average molecular weight is 312 g/mol. The molecule has 23 heavy (non-hydrogen) atoms. The Kier molecular flexibility index (Phi) is 5.03. The van der Waals surface area contributed by atoms with E-state index < -0.39 is 6.04 Å². The number of halogens is 1. The molecule has 0 unspecified atom stereocenters. The summed E-state index contributed by atoms with van der Waals surface area (Å²) < 4.78 is 13.0. The summed E-state index contributed by atoms with van der Waals surface area (Å²) in [5.41, 5.74) is 1.55. The SMILES string of the molecule is O=C(Nc1ccc(F)cc1)[C@@H](NC1CCCC1)c1ccccc1. The molecule has 0 aromatic heterocycles. The van der Waals surface area contributed by atoms with Crippen LogP contribution in [0.15, 0.2) is 54.6 Å². The number of benzene rings is 2. The molecular formula is C19H21FN2O. The highest BCUT2D eigenvalue weighted by Gasteiger charge is 2.25. The Morgan fingerprint density at radius 1 is 1.00 bits per heavy atom. The standard InChI is InChI=1S/C19H21FN2O/c20-15-10-12-17(13-11-15)22-19(23)18(14-6-2-1-3-7-14)21-16-8-4-5-9-16/h1-3,6-7,10-13,16,18,21H,4-5,8-9H2,(H,22,23)/t18-/m0/s1. The van der Waals surface area contributed by atoms with Gasteiger partial charge >= 0.3 is 0 Å². The highest BCUT2D eigenvalue weighted by atomic mass is 19.1. The number of rotatable bonds is 5. The van der Waals surface area contributed by atoms with Crippen LogP contribution in [0.2, 0.25) is 0 Å². The highest BCUT2D eigenvalue weighted by molar-refractivity contribution is 5.95. The van der Waals surface area contributed by atoms with Gasteiger partial charge in [-0.05, 0) is 42.7 Å². The van der Waals surface area contributed by atoms with Crippen molar-refractivity contribution in [2.45, 2.75) is 37.8 Å². The molecule has 3 nitrogen and oxygen atoms in total. The van der Waals surface area contributed by atoms with Crippen molar-refractivity contribution in [2.24, 2.45) is 0 Å². The third kappa shape index (κ3) is 4.17. The van der Waals surface area contributed by atoms with Crippen LogP contribution in [-0.2, 0) is 4.79 Å². The van der Waals surface area contributed by atoms with Crippen LogP contribution in [0.25, 0.3) is 0 Å². The van der Waals surface area contributed by atoms with Gasteiger partial charge in [-0.15, -0.1) is 0 Å². The summed E-state index contributed by atoms with van der Waals surface area (Å²) >= 11 is 0. The molecule has 3 rings (SSSR count). The first-order chi connectivity index (χ1) is 11.2. The van der Waals surface area contributed by atoms with E-state index in [0.29, 0.717) is 11.7 Å². The van der Waals surface area contributed by atoms with Gasteiger partial charge in [-0.2, -0.15) is 0 Å². The van der Waals surface area contributed by atoms with E-state index in [1.165, 1.54) is 25.0 Å². The average Bonchev–Trinajstić information content (AvgIpc) is 3.09. The lowest BCUT2D eigenvalue weighted by molar-refractivity contribution is -0.118. The van der Waals surface area contributed by atoms with Crippen molar-refractivity contribution in [3.8, 4) is 0 Å². The van der Waals surface area contributed by atoms with Gasteiger partial charge in [0.15, 0.2) is 0 Å². The fraction of sp³-hybridized carbons (Fsp3) is 0.316. The highest BCUT2D eigenvalue weighted by Crippen LogP contribution is 2.23. The molecule has 1 aliphatic carbocycles. The lowest BCUT2D eigenvalue weighted by Gasteiger charge is -2.23. The van der Waals surface area contributed by atoms with E-state index in [9.17, 15) is 9.18 Å². The van der Waals surface area contributed by atoms with Crippen molar-refractivity contribution in [1.82, 2.24) is 5.32 Å². The first-order valence-electron chi connectivity index (χ1n) is 8.10. The van der Waals surface area contributed by atoms with E-state index >= 15 is 0 Å². The van der Waals surface area contributed by atoms with Crippen molar-refractivity contribution < 1.29 is 9.18 Å². The van der Waals surface area contributed by atoms with Gasteiger partial charge in [0.05, 0.1) is 0 Å². The van der Waals surface area contributed by atoms with Gasteiger partial charge in [-0.25, -0.2) is 4.39 Å². The van der Waals surface area contributed by atoms with Gasteiger partial charge in [-0.3, -0.25) is 10.1 Å². The number of nitrogens with one attached hydrogen (secondary N) is 2. The van der Waals surface area contributed by atoms with Crippen molar-refractivity contribution in [3.05, 3.63) is 66.0 Å². The first kappa shape index (κ1) is 15.7. The molecule has 1 amide bonds. The summed E-state index contributed by atoms with van der Waals surface area (Å²) in [4.78, 5) is 12.7. The Morgan fingerprint density at radius 3 is 2.30 bits per heavy atom. The lowest BCUT2D eigenvalue weighted by Crippen LogP contribution is -2.38. The van der Waals surface area contributed by atoms with Crippen LogP contribution >= 0.6 is 0 Å². The third-order valence-corrected chi connectivity index (χ3v) is 4.26. The summed E-state index contributed by atoms with van der Waals surface area (Å²) in [6.45, 7) is 0. The summed E-state index contributed by atoms with van der Waals surface area (Å²) in [7, 11) is 0. The molecule has 1 saturated carbocycles. The topological polar surface area (TPSA) is 41.1 Å². The molecule has 0 aliphatic heterocycles. The molecule has 0 saturated heterocycles. The number of anilines is 1. The van der Waals surface area contributed by atoms with Gasteiger partial charge in [0.25, 0.3) is 0 Å². The van der Waals surface area contributed by atoms with Crippen LogP contribution in [-0.4, -0.2) is 11.9 Å². The maximum atomic E-state index is 13.0. The zero-order valence-electron chi connectivity index (χ0n) is 13.0. The second-order valence-corrected chi connectivity index (χ2v) is 5.99. The second kappa shape index (κ2) is 7.38. The Labute approximate surface area is 135 Å². The smallest absolute Gasteiger partial charge is 0.246 e. The quantitative estimate of drug-likeness (QED) is 0.875. The summed E-state index contributed by atoms with van der Waals surface area (Å²) in [6.07, 6.45) is 4.62. The number of carbonyl (C=O) groups is 1. The molecular weight excluding hydrogens is 291 g/mol. The maximum Gasteiger partial charge on any atom is 0.246 e. The van der Waals surface area contributed by atoms with Gasteiger partial charge in [0.2, 0.25) is 5.91 Å². The van der Waals surface area contributed by atoms with E-state index in [1.54, 1.807) is 12.1 Å². The fourth-order valence-electron chi connectivity index (χ4n) is 3.04. The number of amides is 1. The summed E-state index contributed by atoms with van der Waals surface area (Å²) in [6, 6.07) is 15.5. The van der Waals surface area contributed by atoms with Gasteiger partial charge in [0.1, 0.15) is 11.9 Å². The Balaban J connectivity index is 1.76. The lowest BCUT2D eigenvalue weighted by atomic mass is 10.0. The largest absolute Gasteiger partial charge is 0.324 e. The predicted octanol–water partition coefficient (Wildman–Crippen LogP) is 4.04. The van der Waals surface area contributed by atoms with Gasteiger partial charge < -0.3 is 5.32 Å². The predicted molar refractivity (Wildman–Crippen MR) is 89.6 cm³/mol. The maximum absolute atomic E-state index is 13.0. The zero-order chi connectivity index (χ0) is 16.1. The minimum Gasteiger partial charge on any atom is -0.324 e. The van der Waals surface area contributed by atoms with Crippen molar-refractivity contribution >= 4 is 11.6 Å². The Hall–Kier alpha value is -2.20. The van der Waals surface area contributed by atoms with Crippen LogP contribution < -0.4 is 10.6 Å². The fourth-order valence-corrected chi connectivity index (χ4v) is 3.04. The van der Waals surface area contributed by atoms with Crippen molar-refractivity contribution in [3.63, 3.8) is 0 Å². The Bertz CT molecular complexity index is 636. The monoisotopic (exact) mass is 312 g/mol. The number of hydrogen-bond donors (Lipinski definition) is 2. The first-order valence-corrected chi connectivity index (χ1v) is 8.10. The molecule has 1 aliphatic rings. The molecule has 0 radical (unpaired) electrons. The van der Waals surface area contributed by atoms with Crippen LogP contribution in [0.5, 0.6) is 0 Å². The van der Waals surface area contributed by atoms with E-state index in [4.69, 9.17) is 0 Å². The van der Waals surface area contributed by atoms with Crippen LogP contribution in [0, 0.1) is 5.82 Å². The minimum absolute atomic E-state index is 0.116. The van der Waals surface area contributed by atoms with E-state index in [1.807, 2.05) is 30.3 Å². The molecule has 1 fully saturated rings. The molecule has 0 heterocycles. The summed E-state index contributed by atoms with van der Waals surface area (Å²) in [5.74, 6) is -0.429. The molecule has 0 bridgehead atoms. The summed E-state index contributed by atoms with van der Waals surface area (Å²) in [5, 5.41) is 6.35. The number of carbonyl (C=O) groups excluding carboxylic acids is 1. The van der Waals surface area contributed by atoms with E-state index in [0.717, 1.165) is 18.4 Å². The van der Waals surface area contributed by atoms with Crippen LogP contribution in [0.4, 0.5) is 10.1 Å². The third-order valence-electron chi connectivity index (χ3n) is 4.26. The molecule has 2 aromatic rings. The van der Waals surface area contributed by atoms with Gasteiger partial charge in [0, 0.05) is 11.7 Å². The molecule has 120 valence electrons. The number of hydrogen-bond acceptors (Lipinski definition) is 2. The van der Waals surface area contributed by atoms with Crippen molar-refractivity contribution in [1.29, 1.82) is 0 Å². The molecule has 2 aromatic carbocycles. The van der Waals surface area contributed by atoms with E-state index in [2.05, 4.69) is 10.6 Å². The van der Waals surface area contributed by atoms with Crippen LogP contribution in [0.3, 0.4) is 0 Å². The molecule has 2 N–H and O–H groups in total. The second-order valence-electron chi connectivity index (χ2n) is 5.99. The zero-order valence-corrected chi connectivity index (χ0v) is 13.0. The minimum atomic E-state index is -0.399. The van der Waals surface area contributed by atoms with E-state index in [-0.39, 0.29) is 11.7 Å². The normalized spacial score (nSPS) is 16.2. The van der Waals surface area contributed by atoms with Gasteiger partial charge in [-0.1, -0.05) is 43.2 Å². The van der Waals surface area contributed by atoms with Crippen molar-refractivity contribution in [2.75, 3.05) is 5.32 Å². The Morgan fingerprint density at radius 2 is 1.65 bits per heavy atom. The molecule has 1 atom stereocenters. The molecule has 0 spiro atoms.